The SMILES string of the molecule is Nc1ccncc1CC(=O)c1ccc(F)cc1Br. The quantitative estimate of drug-likeness (QED) is 0.887. The molecule has 0 aliphatic rings. The summed E-state index contributed by atoms with van der Waals surface area (Å²) in [6, 6.07) is 5.61. The van der Waals surface area contributed by atoms with Crippen LogP contribution in [0.5, 0.6) is 0 Å². The summed E-state index contributed by atoms with van der Waals surface area (Å²) in [5, 5.41) is 0. The van der Waals surface area contributed by atoms with Gasteiger partial charge in [-0.3, -0.25) is 9.78 Å². The lowest BCUT2D eigenvalue weighted by molar-refractivity contribution is 0.0992. The van der Waals surface area contributed by atoms with E-state index < -0.39 is 0 Å². The van der Waals surface area contributed by atoms with Crippen molar-refractivity contribution < 1.29 is 9.18 Å². The van der Waals surface area contributed by atoms with Gasteiger partial charge in [0, 0.05) is 40.1 Å². The van der Waals surface area contributed by atoms with E-state index in [-0.39, 0.29) is 18.0 Å². The van der Waals surface area contributed by atoms with Crippen LogP contribution in [0, 0.1) is 5.82 Å². The minimum atomic E-state index is -0.390. The summed E-state index contributed by atoms with van der Waals surface area (Å²) in [6.07, 6.45) is 3.27. The third-order valence-corrected chi connectivity index (χ3v) is 3.18. The monoisotopic (exact) mass is 308 g/mol. The van der Waals surface area contributed by atoms with Gasteiger partial charge in [-0.2, -0.15) is 0 Å². The Morgan fingerprint density at radius 3 is 2.83 bits per heavy atom. The van der Waals surface area contributed by atoms with Crippen LogP contribution in [0.3, 0.4) is 0 Å². The number of nitrogens with two attached hydrogens (primary N) is 1. The highest BCUT2D eigenvalue weighted by atomic mass is 79.9. The van der Waals surface area contributed by atoms with Gasteiger partial charge in [-0.15, -0.1) is 0 Å². The molecular formula is C13H10BrFN2O. The van der Waals surface area contributed by atoms with Gasteiger partial charge in [-0.25, -0.2) is 4.39 Å². The van der Waals surface area contributed by atoms with Crippen LogP contribution in [0.2, 0.25) is 0 Å². The molecule has 0 fully saturated rings. The Morgan fingerprint density at radius 1 is 1.39 bits per heavy atom. The summed E-state index contributed by atoms with van der Waals surface area (Å²) >= 11 is 3.17. The predicted molar refractivity (Wildman–Crippen MR) is 70.8 cm³/mol. The fourth-order valence-corrected chi connectivity index (χ4v) is 2.14. The van der Waals surface area contributed by atoms with Crippen molar-refractivity contribution in [2.75, 3.05) is 5.73 Å². The second-order valence-electron chi connectivity index (χ2n) is 3.80. The number of rotatable bonds is 3. The van der Waals surface area contributed by atoms with Crippen molar-refractivity contribution in [2.24, 2.45) is 0 Å². The number of anilines is 1. The third-order valence-electron chi connectivity index (χ3n) is 2.52. The van der Waals surface area contributed by atoms with E-state index in [4.69, 9.17) is 5.73 Å². The summed E-state index contributed by atoms with van der Waals surface area (Å²) in [5.74, 6) is -0.527. The lowest BCUT2D eigenvalue weighted by Gasteiger charge is -2.06. The number of aromatic nitrogens is 1. The van der Waals surface area contributed by atoms with Gasteiger partial charge in [0.25, 0.3) is 0 Å². The maximum atomic E-state index is 12.9. The Labute approximate surface area is 112 Å². The van der Waals surface area contributed by atoms with Gasteiger partial charge < -0.3 is 5.73 Å². The summed E-state index contributed by atoms with van der Waals surface area (Å²) in [4.78, 5) is 16.0. The first-order valence-electron chi connectivity index (χ1n) is 5.24. The van der Waals surface area contributed by atoms with Gasteiger partial charge >= 0.3 is 0 Å². The van der Waals surface area contributed by atoms with Crippen LogP contribution in [0.1, 0.15) is 15.9 Å². The summed E-state index contributed by atoms with van der Waals surface area (Å²) in [5.41, 5.74) is 7.37. The molecule has 5 heteroatoms. The molecule has 0 saturated carbocycles. The molecule has 0 spiro atoms. The normalized spacial score (nSPS) is 10.3. The number of hydrogen-bond acceptors (Lipinski definition) is 3. The Bertz CT molecular complexity index is 601. The smallest absolute Gasteiger partial charge is 0.168 e. The first-order valence-corrected chi connectivity index (χ1v) is 6.04. The zero-order chi connectivity index (χ0) is 13.1. The maximum Gasteiger partial charge on any atom is 0.168 e. The number of nitrogens with zero attached hydrogens (tertiary/aromatic N) is 1. The van der Waals surface area contributed by atoms with E-state index in [2.05, 4.69) is 20.9 Å². The zero-order valence-electron chi connectivity index (χ0n) is 9.36. The van der Waals surface area contributed by atoms with E-state index in [1.165, 1.54) is 18.2 Å². The predicted octanol–water partition coefficient (Wildman–Crippen LogP) is 2.99. The molecular weight excluding hydrogens is 299 g/mol. The van der Waals surface area contributed by atoms with E-state index in [0.717, 1.165) is 0 Å². The topological polar surface area (TPSA) is 56.0 Å². The van der Waals surface area contributed by atoms with Crippen molar-refractivity contribution in [2.45, 2.75) is 6.42 Å². The fourth-order valence-electron chi connectivity index (χ4n) is 1.57. The Balaban J connectivity index is 2.25. The molecule has 0 aliphatic carbocycles. The van der Waals surface area contributed by atoms with Crippen LogP contribution in [-0.2, 0) is 6.42 Å². The third kappa shape index (κ3) is 2.73. The van der Waals surface area contributed by atoms with Crippen LogP contribution in [0.4, 0.5) is 10.1 Å². The Kier molecular flexibility index (Phi) is 3.72. The number of nitrogen functional groups attached to an aromatic ring is 1. The van der Waals surface area contributed by atoms with Crippen LogP contribution in [-0.4, -0.2) is 10.8 Å². The van der Waals surface area contributed by atoms with Crippen molar-refractivity contribution in [3.63, 3.8) is 0 Å². The van der Waals surface area contributed by atoms with Crippen LogP contribution >= 0.6 is 15.9 Å². The number of hydrogen-bond donors (Lipinski definition) is 1. The molecule has 3 nitrogen and oxygen atoms in total. The molecule has 0 radical (unpaired) electrons. The van der Waals surface area contributed by atoms with E-state index >= 15 is 0 Å². The minimum Gasteiger partial charge on any atom is -0.398 e. The molecule has 0 aliphatic heterocycles. The number of halogens is 2. The van der Waals surface area contributed by atoms with Gasteiger partial charge in [-0.1, -0.05) is 0 Å². The molecule has 0 amide bonds. The molecule has 0 bridgehead atoms. The molecule has 18 heavy (non-hydrogen) atoms. The van der Waals surface area contributed by atoms with E-state index in [1.807, 2.05) is 0 Å². The Hall–Kier alpha value is -1.75. The highest BCUT2D eigenvalue weighted by molar-refractivity contribution is 9.10. The van der Waals surface area contributed by atoms with Crippen molar-refractivity contribution in [1.29, 1.82) is 0 Å². The molecule has 0 atom stereocenters. The molecule has 1 heterocycles. The lowest BCUT2D eigenvalue weighted by Crippen LogP contribution is -2.07. The number of ketones is 1. The van der Waals surface area contributed by atoms with E-state index in [0.29, 0.717) is 21.3 Å². The van der Waals surface area contributed by atoms with Crippen LogP contribution in [0.25, 0.3) is 0 Å². The van der Waals surface area contributed by atoms with Crippen molar-refractivity contribution in [3.05, 3.63) is 58.1 Å². The van der Waals surface area contributed by atoms with E-state index in [9.17, 15) is 9.18 Å². The minimum absolute atomic E-state index is 0.137. The average molecular weight is 309 g/mol. The van der Waals surface area contributed by atoms with Crippen LogP contribution < -0.4 is 5.73 Å². The second kappa shape index (κ2) is 5.27. The average Bonchev–Trinajstić information content (AvgIpc) is 2.32. The zero-order valence-corrected chi connectivity index (χ0v) is 10.9. The number of carbonyl (C=O) groups excluding carboxylic acids is 1. The summed E-state index contributed by atoms with van der Waals surface area (Å²) < 4.78 is 13.4. The molecule has 2 rings (SSSR count). The standard InChI is InChI=1S/C13H10BrFN2O/c14-11-6-9(15)1-2-10(11)13(18)5-8-7-17-4-3-12(8)16/h1-4,6-7H,5H2,(H2,16,17). The lowest BCUT2D eigenvalue weighted by atomic mass is 10.0. The first kappa shape index (κ1) is 12.7. The van der Waals surface area contributed by atoms with Crippen molar-refractivity contribution >= 4 is 27.4 Å². The highest BCUT2D eigenvalue weighted by Gasteiger charge is 2.13. The van der Waals surface area contributed by atoms with Crippen molar-refractivity contribution in [3.8, 4) is 0 Å². The van der Waals surface area contributed by atoms with Gasteiger partial charge in [0.05, 0.1) is 0 Å². The molecule has 2 aromatic rings. The number of carbonyl (C=O) groups is 1. The van der Waals surface area contributed by atoms with Gasteiger partial charge in [0.2, 0.25) is 0 Å². The Morgan fingerprint density at radius 2 is 2.17 bits per heavy atom. The number of benzene rings is 1. The largest absolute Gasteiger partial charge is 0.398 e. The molecule has 2 N–H and O–H groups in total. The molecule has 1 aromatic carbocycles. The fraction of sp³-hybridized carbons (Fsp3) is 0.0769. The summed E-state index contributed by atoms with van der Waals surface area (Å²) in [7, 11) is 0. The first-order chi connectivity index (χ1) is 8.58. The van der Waals surface area contributed by atoms with Gasteiger partial charge in [0.15, 0.2) is 5.78 Å². The van der Waals surface area contributed by atoms with Crippen LogP contribution in [0.15, 0.2) is 41.1 Å². The molecule has 0 unspecified atom stereocenters. The number of pyridine rings is 1. The molecule has 92 valence electrons. The second-order valence-corrected chi connectivity index (χ2v) is 4.65. The van der Waals surface area contributed by atoms with Gasteiger partial charge in [0.1, 0.15) is 5.82 Å². The molecule has 1 aromatic heterocycles. The van der Waals surface area contributed by atoms with E-state index in [1.54, 1.807) is 18.5 Å². The van der Waals surface area contributed by atoms with Crippen molar-refractivity contribution in [1.82, 2.24) is 4.98 Å². The highest BCUT2D eigenvalue weighted by Crippen LogP contribution is 2.21. The van der Waals surface area contributed by atoms with Gasteiger partial charge in [-0.05, 0) is 40.2 Å². The number of Topliss-reactive ketones (excluding diaryl/α,β-unsaturated/α-hetero) is 1. The molecule has 0 saturated heterocycles. The maximum absolute atomic E-state index is 12.9. The summed E-state index contributed by atoms with van der Waals surface area (Å²) in [6.45, 7) is 0.